The molecule has 0 atom stereocenters. The molecule has 0 aliphatic heterocycles. The van der Waals surface area contributed by atoms with Crippen molar-refractivity contribution in [3.8, 4) is 5.69 Å². The molecule has 2 aromatic heterocycles. The van der Waals surface area contributed by atoms with E-state index >= 15 is 0 Å². The van der Waals surface area contributed by atoms with E-state index in [9.17, 15) is 9.18 Å². The number of benzene rings is 1. The molecule has 3 aromatic rings. The molecule has 0 radical (unpaired) electrons. The molecule has 1 amide bonds. The number of nitrogens with one attached hydrogen (secondary N) is 1. The number of aromatic nitrogens is 6. The number of carbonyl (C=O) groups is 1. The standard InChI is InChI=1S/C16H18FN7O/c1-11-20-15(22-24(11)13-7-5-12(17)6-8-13)16(25)18-9-3-4-14-21-19-10-23(14)2/h5-8,10H,3-4,9H2,1-2H3,(H,18,25). The van der Waals surface area contributed by atoms with Crippen molar-refractivity contribution >= 4 is 5.91 Å². The molecule has 25 heavy (non-hydrogen) atoms. The molecule has 130 valence electrons. The number of hydrogen-bond donors (Lipinski definition) is 1. The van der Waals surface area contributed by atoms with Gasteiger partial charge in [-0.05, 0) is 37.6 Å². The first-order valence-corrected chi connectivity index (χ1v) is 7.85. The minimum atomic E-state index is -0.345. The van der Waals surface area contributed by atoms with Crippen LogP contribution in [0.5, 0.6) is 0 Å². The summed E-state index contributed by atoms with van der Waals surface area (Å²) in [5.41, 5.74) is 0.646. The van der Waals surface area contributed by atoms with Crippen LogP contribution in [-0.4, -0.2) is 42.0 Å². The molecule has 9 heteroatoms. The molecule has 0 unspecified atom stereocenters. The molecule has 3 rings (SSSR count). The Kier molecular flexibility index (Phi) is 4.82. The zero-order valence-electron chi connectivity index (χ0n) is 14.0. The highest BCUT2D eigenvalue weighted by molar-refractivity contribution is 5.90. The molecule has 1 N–H and O–H groups in total. The van der Waals surface area contributed by atoms with Gasteiger partial charge in [-0.1, -0.05) is 0 Å². The van der Waals surface area contributed by atoms with Gasteiger partial charge in [0, 0.05) is 20.0 Å². The number of aryl methyl sites for hydroxylation is 3. The van der Waals surface area contributed by atoms with Gasteiger partial charge in [-0.2, -0.15) is 0 Å². The normalized spacial score (nSPS) is 10.8. The van der Waals surface area contributed by atoms with Crippen molar-refractivity contribution in [1.82, 2.24) is 34.8 Å². The van der Waals surface area contributed by atoms with Gasteiger partial charge >= 0.3 is 0 Å². The fraction of sp³-hybridized carbons (Fsp3) is 0.312. The number of nitrogens with zero attached hydrogens (tertiary/aromatic N) is 6. The van der Waals surface area contributed by atoms with Crippen molar-refractivity contribution in [2.75, 3.05) is 6.54 Å². The largest absolute Gasteiger partial charge is 0.349 e. The third kappa shape index (κ3) is 3.87. The molecular weight excluding hydrogens is 325 g/mol. The van der Waals surface area contributed by atoms with Crippen molar-refractivity contribution < 1.29 is 9.18 Å². The van der Waals surface area contributed by atoms with Crippen molar-refractivity contribution in [3.05, 3.63) is 53.9 Å². The third-order valence-electron chi connectivity index (χ3n) is 3.71. The summed E-state index contributed by atoms with van der Waals surface area (Å²) in [5, 5.41) is 14.8. The zero-order valence-corrected chi connectivity index (χ0v) is 14.0. The van der Waals surface area contributed by atoms with E-state index in [1.807, 2.05) is 11.6 Å². The topological polar surface area (TPSA) is 90.5 Å². The van der Waals surface area contributed by atoms with E-state index < -0.39 is 0 Å². The highest BCUT2D eigenvalue weighted by atomic mass is 19.1. The summed E-state index contributed by atoms with van der Waals surface area (Å²) >= 11 is 0. The molecule has 8 nitrogen and oxygen atoms in total. The molecular formula is C16H18FN7O. The lowest BCUT2D eigenvalue weighted by atomic mass is 10.3. The number of carbonyl (C=O) groups excluding carboxylic acids is 1. The van der Waals surface area contributed by atoms with E-state index in [0.717, 1.165) is 12.2 Å². The maximum atomic E-state index is 13.0. The van der Waals surface area contributed by atoms with Gasteiger partial charge in [0.25, 0.3) is 5.91 Å². The van der Waals surface area contributed by atoms with Crippen LogP contribution in [0.2, 0.25) is 0 Å². The maximum Gasteiger partial charge on any atom is 0.290 e. The van der Waals surface area contributed by atoms with E-state index in [1.54, 1.807) is 25.4 Å². The molecule has 0 saturated heterocycles. The Hall–Kier alpha value is -3.10. The molecule has 0 aliphatic rings. The van der Waals surface area contributed by atoms with Gasteiger partial charge in [-0.15, -0.1) is 15.3 Å². The molecule has 0 fully saturated rings. The highest BCUT2D eigenvalue weighted by Gasteiger charge is 2.15. The fourth-order valence-electron chi connectivity index (χ4n) is 2.37. The number of amides is 1. The Balaban J connectivity index is 1.58. The highest BCUT2D eigenvalue weighted by Crippen LogP contribution is 2.10. The van der Waals surface area contributed by atoms with Crippen molar-refractivity contribution in [3.63, 3.8) is 0 Å². The molecule has 0 aliphatic carbocycles. The summed E-state index contributed by atoms with van der Waals surface area (Å²) < 4.78 is 16.4. The summed E-state index contributed by atoms with van der Waals surface area (Å²) in [6.45, 7) is 2.22. The van der Waals surface area contributed by atoms with Crippen LogP contribution in [0.4, 0.5) is 4.39 Å². The van der Waals surface area contributed by atoms with E-state index in [2.05, 4.69) is 25.6 Å². The van der Waals surface area contributed by atoms with Crippen LogP contribution in [0.1, 0.15) is 28.7 Å². The molecule has 0 bridgehead atoms. The minimum Gasteiger partial charge on any atom is -0.349 e. The van der Waals surface area contributed by atoms with Crippen LogP contribution in [0.25, 0.3) is 5.69 Å². The van der Waals surface area contributed by atoms with Crippen LogP contribution in [0, 0.1) is 12.7 Å². The minimum absolute atomic E-state index is 0.0838. The van der Waals surface area contributed by atoms with Gasteiger partial charge in [0.1, 0.15) is 23.8 Å². The van der Waals surface area contributed by atoms with Gasteiger partial charge in [0.15, 0.2) is 0 Å². The van der Waals surface area contributed by atoms with Crippen LogP contribution in [0.15, 0.2) is 30.6 Å². The summed E-state index contributed by atoms with van der Waals surface area (Å²) in [5.74, 6) is 0.824. The Morgan fingerprint density at radius 3 is 2.72 bits per heavy atom. The quantitative estimate of drug-likeness (QED) is 0.679. The van der Waals surface area contributed by atoms with E-state index in [-0.39, 0.29) is 17.5 Å². The lowest BCUT2D eigenvalue weighted by molar-refractivity contribution is 0.0943. The SMILES string of the molecule is Cc1nc(C(=O)NCCCc2nncn2C)nn1-c1ccc(F)cc1. The van der Waals surface area contributed by atoms with Gasteiger partial charge in [0.05, 0.1) is 5.69 Å². The fourth-order valence-corrected chi connectivity index (χ4v) is 2.37. The monoisotopic (exact) mass is 343 g/mol. The zero-order chi connectivity index (χ0) is 17.8. The van der Waals surface area contributed by atoms with Crippen molar-refractivity contribution in [2.45, 2.75) is 19.8 Å². The Morgan fingerprint density at radius 1 is 1.28 bits per heavy atom. The van der Waals surface area contributed by atoms with E-state index in [4.69, 9.17) is 0 Å². The summed E-state index contributed by atoms with van der Waals surface area (Å²) in [4.78, 5) is 16.4. The van der Waals surface area contributed by atoms with Crippen LogP contribution >= 0.6 is 0 Å². The number of hydrogen-bond acceptors (Lipinski definition) is 5. The van der Waals surface area contributed by atoms with E-state index in [0.29, 0.717) is 24.5 Å². The van der Waals surface area contributed by atoms with E-state index in [1.165, 1.54) is 16.8 Å². The molecule has 0 saturated carbocycles. The first-order valence-electron chi connectivity index (χ1n) is 7.85. The van der Waals surface area contributed by atoms with Crippen LogP contribution in [-0.2, 0) is 13.5 Å². The average molecular weight is 343 g/mol. The lowest BCUT2D eigenvalue weighted by Gasteiger charge is -2.03. The smallest absolute Gasteiger partial charge is 0.290 e. The molecule has 1 aromatic carbocycles. The van der Waals surface area contributed by atoms with Crippen LogP contribution < -0.4 is 5.32 Å². The predicted octanol–water partition coefficient (Wildman–Crippen LogP) is 1.21. The Bertz CT molecular complexity index is 869. The van der Waals surface area contributed by atoms with Crippen LogP contribution in [0.3, 0.4) is 0 Å². The second-order valence-electron chi connectivity index (χ2n) is 5.59. The Labute approximate surface area is 143 Å². The maximum absolute atomic E-state index is 13.0. The first-order chi connectivity index (χ1) is 12.0. The van der Waals surface area contributed by atoms with Gasteiger partial charge in [-0.25, -0.2) is 14.1 Å². The summed E-state index contributed by atoms with van der Waals surface area (Å²) in [7, 11) is 1.88. The Morgan fingerprint density at radius 2 is 2.04 bits per heavy atom. The van der Waals surface area contributed by atoms with Gasteiger partial charge < -0.3 is 9.88 Å². The van der Waals surface area contributed by atoms with Crippen molar-refractivity contribution in [2.24, 2.45) is 7.05 Å². The first kappa shape index (κ1) is 16.7. The molecule has 2 heterocycles. The molecule has 0 spiro atoms. The van der Waals surface area contributed by atoms with Gasteiger partial charge in [0.2, 0.25) is 5.82 Å². The summed E-state index contributed by atoms with van der Waals surface area (Å²) in [6.07, 6.45) is 3.09. The summed E-state index contributed by atoms with van der Waals surface area (Å²) in [6, 6.07) is 5.84. The third-order valence-corrected chi connectivity index (χ3v) is 3.71. The van der Waals surface area contributed by atoms with Crippen molar-refractivity contribution in [1.29, 1.82) is 0 Å². The van der Waals surface area contributed by atoms with Gasteiger partial charge in [-0.3, -0.25) is 4.79 Å². The lowest BCUT2D eigenvalue weighted by Crippen LogP contribution is -2.26. The number of rotatable bonds is 6. The number of halogens is 1. The second kappa shape index (κ2) is 7.20. The predicted molar refractivity (Wildman–Crippen MR) is 87.7 cm³/mol. The second-order valence-corrected chi connectivity index (χ2v) is 5.59. The average Bonchev–Trinajstić information content (AvgIpc) is 3.18.